The van der Waals surface area contributed by atoms with Crippen LogP contribution < -0.4 is 9.64 Å². The maximum Gasteiger partial charge on any atom is 0.258 e. The molecule has 0 bridgehead atoms. The van der Waals surface area contributed by atoms with Gasteiger partial charge in [-0.15, -0.1) is 0 Å². The number of benzene rings is 1. The van der Waals surface area contributed by atoms with Gasteiger partial charge in [0.25, 0.3) is 11.8 Å². The Morgan fingerprint density at radius 2 is 1.81 bits per heavy atom. The third-order valence-electron chi connectivity index (χ3n) is 2.20. The maximum atomic E-state index is 11.4. The highest BCUT2D eigenvalue weighted by Gasteiger charge is 2.25. The Morgan fingerprint density at radius 3 is 2.31 bits per heavy atom. The Labute approximate surface area is 97.1 Å². The molecule has 0 saturated carbocycles. The quantitative estimate of drug-likeness (QED) is 0.737. The highest BCUT2D eigenvalue weighted by molar-refractivity contribution is 6.33. The Bertz CT molecular complexity index is 478. The van der Waals surface area contributed by atoms with Crippen molar-refractivity contribution in [2.24, 2.45) is 0 Å². The minimum absolute atomic E-state index is 0.354. The molecule has 0 atom stereocenters. The summed E-state index contributed by atoms with van der Waals surface area (Å²) in [6, 6.07) is 4.73. The molecule has 5 heteroatoms. The van der Waals surface area contributed by atoms with Crippen LogP contribution in [0.2, 0.25) is 5.02 Å². The van der Waals surface area contributed by atoms with Crippen molar-refractivity contribution in [3.05, 3.63) is 35.4 Å². The Morgan fingerprint density at radius 1 is 1.19 bits per heavy atom. The van der Waals surface area contributed by atoms with Gasteiger partial charge in [-0.2, -0.15) is 0 Å². The monoisotopic (exact) mass is 237 g/mol. The van der Waals surface area contributed by atoms with Gasteiger partial charge >= 0.3 is 0 Å². The molecule has 1 aliphatic rings. The molecule has 0 N–H and O–H groups in total. The maximum absolute atomic E-state index is 11.4. The van der Waals surface area contributed by atoms with Crippen molar-refractivity contribution >= 4 is 29.1 Å². The van der Waals surface area contributed by atoms with Gasteiger partial charge in [-0.05, 0) is 18.2 Å². The SMILES string of the molecule is COc1ccc(N2C(=O)C=CC2=O)cc1Cl. The van der Waals surface area contributed by atoms with Gasteiger partial charge in [0, 0.05) is 12.2 Å². The van der Waals surface area contributed by atoms with Crippen molar-refractivity contribution in [3.8, 4) is 5.75 Å². The van der Waals surface area contributed by atoms with E-state index in [0.29, 0.717) is 16.5 Å². The minimum atomic E-state index is -0.369. The van der Waals surface area contributed by atoms with Crippen LogP contribution in [0.4, 0.5) is 5.69 Å². The minimum Gasteiger partial charge on any atom is -0.495 e. The number of imide groups is 1. The largest absolute Gasteiger partial charge is 0.495 e. The van der Waals surface area contributed by atoms with Gasteiger partial charge in [-0.3, -0.25) is 9.59 Å². The average molecular weight is 238 g/mol. The summed E-state index contributed by atoms with van der Waals surface area (Å²) in [5, 5.41) is 0.354. The second-order valence-electron chi connectivity index (χ2n) is 3.16. The molecule has 0 saturated heterocycles. The number of hydrogen-bond donors (Lipinski definition) is 0. The lowest BCUT2D eigenvalue weighted by Gasteiger charge is -2.14. The van der Waals surface area contributed by atoms with Crippen LogP contribution in [0.3, 0.4) is 0 Å². The van der Waals surface area contributed by atoms with Gasteiger partial charge in [0.2, 0.25) is 0 Å². The number of carbonyl (C=O) groups is 2. The van der Waals surface area contributed by atoms with E-state index < -0.39 is 0 Å². The van der Waals surface area contributed by atoms with Crippen molar-refractivity contribution < 1.29 is 14.3 Å². The number of ether oxygens (including phenoxy) is 1. The topological polar surface area (TPSA) is 46.6 Å². The smallest absolute Gasteiger partial charge is 0.258 e. The third kappa shape index (κ3) is 1.67. The van der Waals surface area contributed by atoms with Crippen molar-refractivity contribution in [1.29, 1.82) is 0 Å². The van der Waals surface area contributed by atoms with E-state index in [2.05, 4.69) is 0 Å². The lowest BCUT2D eigenvalue weighted by Crippen LogP contribution is -2.29. The van der Waals surface area contributed by atoms with Crippen molar-refractivity contribution in [1.82, 2.24) is 0 Å². The molecule has 0 spiro atoms. The van der Waals surface area contributed by atoms with Crippen molar-refractivity contribution in [2.75, 3.05) is 12.0 Å². The standard InChI is InChI=1S/C11H8ClNO3/c1-16-9-3-2-7(6-8(9)12)13-10(14)4-5-11(13)15/h2-6H,1H3. The van der Waals surface area contributed by atoms with Crippen LogP contribution in [0, 0.1) is 0 Å². The lowest BCUT2D eigenvalue weighted by atomic mass is 10.2. The zero-order valence-electron chi connectivity index (χ0n) is 8.44. The Kier molecular flexibility index (Phi) is 2.66. The molecule has 82 valence electrons. The third-order valence-corrected chi connectivity index (χ3v) is 2.50. The van der Waals surface area contributed by atoms with Gasteiger partial charge in [-0.1, -0.05) is 11.6 Å². The summed E-state index contributed by atoms with van der Waals surface area (Å²) in [5.74, 6) is -0.241. The van der Waals surface area contributed by atoms with Crippen LogP contribution in [0.1, 0.15) is 0 Å². The van der Waals surface area contributed by atoms with Gasteiger partial charge < -0.3 is 4.74 Å². The van der Waals surface area contributed by atoms with Crippen LogP contribution in [0.5, 0.6) is 5.75 Å². The molecular formula is C11H8ClNO3. The molecule has 1 aromatic rings. The summed E-state index contributed by atoms with van der Waals surface area (Å²) in [6.07, 6.45) is 2.45. The predicted octanol–water partition coefficient (Wildman–Crippen LogP) is 1.78. The van der Waals surface area contributed by atoms with Crippen LogP contribution in [0.15, 0.2) is 30.4 Å². The normalized spacial score (nSPS) is 14.8. The summed E-state index contributed by atoms with van der Waals surface area (Å²) >= 11 is 5.91. The molecule has 0 unspecified atom stereocenters. The summed E-state index contributed by atoms with van der Waals surface area (Å²) in [6.45, 7) is 0. The Balaban J connectivity index is 2.39. The predicted molar refractivity (Wildman–Crippen MR) is 59.6 cm³/mol. The highest BCUT2D eigenvalue weighted by Crippen LogP contribution is 2.30. The first-order chi connectivity index (χ1) is 7.63. The molecule has 0 aromatic heterocycles. The zero-order chi connectivity index (χ0) is 11.7. The number of carbonyl (C=O) groups excluding carboxylic acids is 2. The molecule has 0 radical (unpaired) electrons. The first kappa shape index (κ1) is 10.7. The molecule has 4 nitrogen and oxygen atoms in total. The fourth-order valence-electron chi connectivity index (χ4n) is 1.45. The molecule has 1 heterocycles. The molecule has 0 fully saturated rings. The molecular weight excluding hydrogens is 230 g/mol. The number of methoxy groups -OCH3 is 1. The lowest BCUT2D eigenvalue weighted by molar-refractivity contribution is -0.119. The summed E-state index contributed by atoms with van der Waals surface area (Å²) in [4.78, 5) is 23.8. The van der Waals surface area contributed by atoms with E-state index in [1.807, 2.05) is 0 Å². The van der Waals surface area contributed by atoms with Gasteiger partial charge in [-0.25, -0.2) is 4.90 Å². The van der Waals surface area contributed by atoms with E-state index in [4.69, 9.17) is 16.3 Å². The molecule has 2 amide bonds. The van der Waals surface area contributed by atoms with Gasteiger partial charge in [0.05, 0.1) is 17.8 Å². The number of amides is 2. The molecule has 1 aliphatic heterocycles. The van der Waals surface area contributed by atoms with E-state index >= 15 is 0 Å². The summed E-state index contributed by atoms with van der Waals surface area (Å²) < 4.78 is 4.98. The first-order valence-electron chi connectivity index (χ1n) is 4.53. The zero-order valence-corrected chi connectivity index (χ0v) is 9.19. The van der Waals surface area contributed by atoms with Crippen molar-refractivity contribution in [3.63, 3.8) is 0 Å². The molecule has 2 rings (SSSR count). The van der Waals surface area contributed by atoms with Gasteiger partial charge in [0.1, 0.15) is 5.75 Å². The van der Waals surface area contributed by atoms with E-state index in [1.54, 1.807) is 12.1 Å². The van der Waals surface area contributed by atoms with Crippen LogP contribution >= 0.6 is 11.6 Å². The van der Waals surface area contributed by atoms with Crippen molar-refractivity contribution in [2.45, 2.75) is 0 Å². The first-order valence-corrected chi connectivity index (χ1v) is 4.91. The fraction of sp³-hybridized carbons (Fsp3) is 0.0909. The molecule has 0 aliphatic carbocycles. The number of halogens is 1. The number of rotatable bonds is 2. The van der Waals surface area contributed by atoms with E-state index in [1.165, 1.54) is 25.3 Å². The molecule has 16 heavy (non-hydrogen) atoms. The average Bonchev–Trinajstić information content (AvgIpc) is 2.58. The summed E-state index contributed by atoms with van der Waals surface area (Å²) in [5.41, 5.74) is 0.436. The molecule has 1 aromatic carbocycles. The fourth-order valence-corrected chi connectivity index (χ4v) is 1.70. The highest BCUT2D eigenvalue weighted by atomic mass is 35.5. The van der Waals surface area contributed by atoms with E-state index in [-0.39, 0.29) is 11.8 Å². The number of hydrogen-bond acceptors (Lipinski definition) is 3. The van der Waals surface area contributed by atoms with Gasteiger partial charge in [0.15, 0.2) is 0 Å². The second kappa shape index (κ2) is 3.98. The van der Waals surface area contributed by atoms with Crippen LogP contribution in [-0.2, 0) is 9.59 Å². The van der Waals surface area contributed by atoms with Crippen LogP contribution in [-0.4, -0.2) is 18.9 Å². The Hall–Kier alpha value is -1.81. The van der Waals surface area contributed by atoms with E-state index in [9.17, 15) is 9.59 Å². The van der Waals surface area contributed by atoms with E-state index in [0.717, 1.165) is 4.90 Å². The second-order valence-corrected chi connectivity index (χ2v) is 3.57. The number of anilines is 1. The van der Waals surface area contributed by atoms with Crippen LogP contribution in [0.25, 0.3) is 0 Å². The number of nitrogens with zero attached hydrogens (tertiary/aromatic N) is 1. The summed E-state index contributed by atoms with van der Waals surface area (Å²) in [7, 11) is 1.49.